The van der Waals surface area contributed by atoms with Crippen LogP contribution < -0.4 is 0 Å². The van der Waals surface area contributed by atoms with E-state index in [1.165, 1.54) is 5.56 Å². The standard InChI is InChI=1S/C26H34FNO2/c1-26-13-12-19-18-7-5-8-22(27)20(18)10-11-21(19)25(26)17(16-23(26)29)6-4-9-24(30)28-14-2-3-15-28/h5,7-8,17,19,21,25H,2-4,6,9-16H2,1H3/t17-,19?,21?,25?,26-/m1/s1. The van der Waals surface area contributed by atoms with Crippen molar-refractivity contribution < 1.29 is 14.0 Å². The van der Waals surface area contributed by atoms with Crippen LogP contribution in [0.4, 0.5) is 4.39 Å². The lowest BCUT2D eigenvalue weighted by Crippen LogP contribution is -2.44. The number of nitrogens with zero attached hydrogens (tertiary/aromatic N) is 1. The summed E-state index contributed by atoms with van der Waals surface area (Å²) >= 11 is 0. The van der Waals surface area contributed by atoms with Crippen LogP contribution in [0, 0.1) is 29.0 Å². The molecule has 4 aliphatic rings. The van der Waals surface area contributed by atoms with Crippen LogP contribution in [0.15, 0.2) is 18.2 Å². The summed E-state index contributed by atoms with van der Waals surface area (Å²) in [5, 5.41) is 0. The second kappa shape index (κ2) is 7.76. The highest BCUT2D eigenvalue weighted by Crippen LogP contribution is 2.62. The van der Waals surface area contributed by atoms with Crippen molar-refractivity contribution in [2.75, 3.05) is 13.1 Å². The molecule has 1 heterocycles. The molecule has 0 radical (unpaired) electrons. The molecule has 1 aliphatic heterocycles. The molecule has 162 valence electrons. The number of rotatable bonds is 4. The number of carbonyl (C=O) groups is 2. The predicted molar refractivity (Wildman–Crippen MR) is 115 cm³/mol. The highest BCUT2D eigenvalue weighted by atomic mass is 19.1. The molecule has 3 fully saturated rings. The van der Waals surface area contributed by atoms with Crippen molar-refractivity contribution in [3.63, 3.8) is 0 Å². The van der Waals surface area contributed by atoms with Gasteiger partial charge in [-0.25, -0.2) is 4.39 Å². The van der Waals surface area contributed by atoms with Crippen LogP contribution in [0.3, 0.4) is 0 Å². The molecule has 1 amide bonds. The van der Waals surface area contributed by atoms with E-state index in [4.69, 9.17) is 0 Å². The van der Waals surface area contributed by atoms with Crippen molar-refractivity contribution in [2.45, 2.75) is 77.0 Å². The van der Waals surface area contributed by atoms with E-state index in [9.17, 15) is 14.0 Å². The van der Waals surface area contributed by atoms with Crippen LogP contribution in [-0.2, 0) is 16.0 Å². The Morgan fingerprint density at radius 1 is 1.23 bits per heavy atom. The number of amides is 1. The number of benzene rings is 1. The van der Waals surface area contributed by atoms with Gasteiger partial charge in [0.2, 0.25) is 5.91 Å². The molecule has 5 atom stereocenters. The molecule has 30 heavy (non-hydrogen) atoms. The Hall–Kier alpha value is -1.71. The first-order valence-corrected chi connectivity index (χ1v) is 12.1. The normalized spacial score (nSPS) is 35.1. The average Bonchev–Trinajstić information content (AvgIpc) is 3.35. The summed E-state index contributed by atoms with van der Waals surface area (Å²) in [7, 11) is 0. The number of likely N-dealkylation sites (tertiary alicyclic amines) is 1. The van der Waals surface area contributed by atoms with E-state index in [0.29, 0.717) is 48.2 Å². The first-order valence-electron chi connectivity index (χ1n) is 12.1. The van der Waals surface area contributed by atoms with Crippen LogP contribution in [0.25, 0.3) is 0 Å². The minimum Gasteiger partial charge on any atom is -0.343 e. The third-order valence-corrected chi connectivity index (χ3v) is 8.99. The largest absolute Gasteiger partial charge is 0.343 e. The zero-order valence-corrected chi connectivity index (χ0v) is 18.2. The lowest BCUT2D eigenvalue weighted by atomic mass is 9.54. The van der Waals surface area contributed by atoms with Crippen molar-refractivity contribution in [3.05, 3.63) is 35.1 Å². The van der Waals surface area contributed by atoms with E-state index in [0.717, 1.165) is 70.0 Å². The van der Waals surface area contributed by atoms with E-state index < -0.39 is 0 Å². The average molecular weight is 412 g/mol. The minimum absolute atomic E-state index is 0.0567. The van der Waals surface area contributed by atoms with Crippen LogP contribution in [0.5, 0.6) is 0 Å². The lowest BCUT2D eigenvalue weighted by Gasteiger charge is -2.50. The molecule has 3 aliphatic carbocycles. The highest BCUT2D eigenvalue weighted by molar-refractivity contribution is 5.87. The topological polar surface area (TPSA) is 37.4 Å². The monoisotopic (exact) mass is 411 g/mol. The first-order chi connectivity index (χ1) is 14.5. The van der Waals surface area contributed by atoms with Crippen LogP contribution in [0.2, 0.25) is 0 Å². The van der Waals surface area contributed by atoms with Gasteiger partial charge in [-0.3, -0.25) is 9.59 Å². The van der Waals surface area contributed by atoms with Crippen molar-refractivity contribution in [2.24, 2.45) is 23.2 Å². The first kappa shape index (κ1) is 20.2. The maximum Gasteiger partial charge on any atom is 0.222 e. The number of carbonyl (C=O) groups excluding carboxylic acids is 2. The Labute approximate surface area is 179 Å². The van der Waals surface area contributed by atoms with Crippen molar-refractivity contribution in [1.29, 1.82) is 0 Å². The zero-order chi connectivity index (χ0) is 20.9. The van der Waals surface area contributed by atoms with E-state index in [-0.39, 0.29) is 11.2 Å². The van der Waals surface area contributed by atoms with Gasteiger partial charge in [0.1, 0.15) is 11.6 Å². The van der Waals surface area contributed by atoms with Crippen LogP contribution in [-0.4, -0.2) is 29.7 Å². The fourth-order valence-electron chi connectivity index (χ4n) is 7.54. The molecule has 5 rings (SSSR count). The van der Waals surface area contributed by atoms with Crippen molar-refractivity contribution in [1.82, 2.24) is 4.90 Å². The van der Waals surface area contributed by atoms with Gasteiger partial charge in [0.15, 0.2) is 0 Å². The van der Waals surface area contributed by atoms with Gasteiger partial charge in [-0.2, -0.15) is 0 Å². The number of halogens is 1. The van der Waals surface area contributed by atoms with Gasteiger partial charge < -0.3 is 4.90 Å². The summed E-state index contributed by atoms with van der Waals surface area (Å²) in [4.78, 5) is 27.5. The summed E-state index contributed by atoms with van der Waals surface area (Å²) in [6.07, 6.45) is 9.15. The predicted octanol–water partition coefficient (Wildman–Crippen LogP) is 5.27. The molecule has 1 aromatic rings. The summed E-state index contributed by atoms with van der Waals surface area (Å²) < 4.78 is 14.4. The van der Waals surface area contributed by atoms with Gasteiger partial charge in [-0.15, -0.1) is 0 Å². The van der Waals surface area contributed by atoms with E-state index in [1.54, 1.807) is 6.07 Å². The third-order valence-electron chi connectivity index (χ3n) is 8.99. The Balaban J connectivity index is 1.32. The molecule has 0 spiro atoms. The molecular formula is C26H34FNO2. The molecule has 0 N–H and O–H groups in total. The molecule has 2 saturated carbocycles. The zero-order valence-electron chi connectivity index (χ0n) is 18.2. The van der Waals surface area contributed by atoms with Gasteiger partial charge in [0.05, 0.1) is 0 Å². The SMILES string of the molecule is C[C@]12CCC3c4cccc(F)c4CCC3C1[C@H](CCCC(=O)N1CCCC1)CC2=O. The smallest absolute Gasteiger partial charge is 0.222 e. The summed E-state index contributed by atoms with van der Waals surface area (Å²) in [5.41, 5.74) is 1.91. The Bertz CT molecular complexity index is 845. The Morgan fingerprint density at radius 3 is 2.83 bits per heavy atom. The van der Waals surface area contributed by atoms with E-state index in [2.05, 4.69) is 13.0 Å². The molecule has 4 heteroatoms. The minimum atomic E-state index is -0.213. The summed E-state index contributed by atoms with van der Waals surface area (Å²) in [6, 6.07) is 5.56. The van der Waals surface area contributed by atoms with Crippen molar-refractivity contribution >= 4 is 11.7 Å². The van der Waals surface area contributed by atoms with Crippen molar-refractivity contribution in [3.8, 4) is 0 Å². The number of hydrogen-bond acceptors (Lipinski definition) is 2. The van der Waals surface area contributed by atoms with Crippen LogP contribution in [0.1, 0.15) is 81.8 Å². The van der Waals surface area contributed by atoms with E-state index >= 15 is 0 Å². The molecular weight excluding hydrogens is 377 g/mol. The fourth-order valence-corrected chi connectivity index (χ4v) is 7.54. The summed E-state index contributed by atoms with van der Waals surface area (Å²) in [5.74, 6) is 2.32. The Kier molecular flexibility index (Phi) is 5.23. The second-order valence-electron chi connectivity index (χ2n) is 10.5. The lowest BCUT2D eigenvalue weighted by molar-refractivity contribution is -0.130. The quantitative estimate of drug-likeness (QED) is 0.677. The summed E-state index contributed by atoms with van der Waals surface area (Å²) in [6.45, 7) is 4.04. The molecule has 1 aromatic carbocycles. The fraction of sp³-hybridized carbons (Fsp3) is 0.692. The maximum absolute atomic E-state index is 14.4. The van der Waals surface area contributed by atoms with Gasteiger partial charge in [0.25, 0.3) is 0 Å². The third kappa shape index (κ3) is 3.22. The van der Waals surface area contributed by atoms with Gasteiger partial charge >= 0.3 is 0 Å². The van der Waals surface area contributed by atoms with Gasteiger partial charge in [0, 0.05) is 31.3 Å². The number of hydrogen-bond donors (Lipinski definition) is 0. The van der Waals surface area contributed by atoms with Gasteiger partial charge in [-0.1, -0.05) is 19.1 Å². The van der Waals surface area contributed by atoms with Gasteiger partial charge in [-0.05, 0) is 92.2 Å². The number of Topliss-reactive ketones (excluding diaryl/α,β-unsaturated/α-hetero) is 1. The molecule has 3 nitrogen and oxygen atoms in total. The van der Waals surface area contributed by atoms with E-state index in [1.807, 2.05) is 11.0 Å². The molecule has 1 saturated heterocycles. The number of ketones is 1. The van der Waals surface area contributed by atoms with Crippen LogP contribution >= 0.6 is 0 Å². The highest BCUT2D eigenvalue weighted by Gasteiger charge is 2.58. The molecule has 3 unspecified atom stereocenters. The maximum atomic E-state index is 14.4. The Morgan fingerprint density at radius 2 is 2.03 bits per heavy atom. The molecule has 0 aromatic heterocycles. The second-order valence-corrected chi connectivity index (χ2v) is 10.5. The number of fused-ring (bicyclic) bond motifs is 5. The molecule has 0 bridgehead atoms.